The van der Waals surface area contributed by atoms with E-state index < -0.39 is 22.6 Å². The number of esters is 1. The first-order chi connectivity index (χ1) is 16.1. The van der Waals surface area contributed by atoms with E-state index in [1.54, 1.807) is 43.3 Å². The van der Waals surface area contributed by atoms with Crippen LogP contribution >= 0.6 is 0 Å². The standard InChI is InChI=1S/C26H27NO6S/c1-5-32-23-12-10-22(11-13-23)27-34(30,31)25-15-21(9-7-18(25)3)26(29)33-16-24(28)20-8-6-17(2)19(4)14-20/h6-15,27H,5,16H2,1-4H3. The maximum Gasteiger partial charge on any atom is 0.338 e. The van der Waals surface area contributed by atoms with Gasteiger partial charge in [0.25, 0.3) is 10.0 Å². The van der Waals surface area contributed by atoms with Gasteiger partial charge in [-0.1, -0.05) is 18.2 Å². The summed E-state index contributed by atoms with van der Waals surface area (Å²) in [6.45, 7) is 7.39. The predicted octanol–water partition coefficient (Wildman–Crippen LogP) is 4.85. The Balaban J connectivity index is 1.73. The second kappa shape index (κ2) is 10.5. The number of ketones is 1. The van der Waals surface area contributed by atoms with Gasteiger partial charge in [-0.25, -0.2) is 13.2 Å². The molecule has 0 aromatic heterocycles. The van der Waals surface area contributed by atoms with Gasteiger partial charge in [0.2, 0.25) is 0 Å². The van der Waals surface area contributed by atoms with Crippen LogP contribution in [-0.2, 0) is 14.8 Å². The third-order valence-corrected chi connectivity index (χ3v) is 6.82. The Labute approximate surface area is 199 Å². The molecule has 0 fully saturated rings. The van der Waals surface area contributed by atoms with Gasteiger partial charge in [-0.3, -0.25) is 9.52 Å². The number of hydrogen-bond donors (Lipinski definition) is 1. The Kier molecular flexibility index (Phi) is 7.73. The fourth-order valence-corrected chi connectivity index (χ4v) is 4.56. The van der Waals surface area contributed by atoms with Crippen LogP contribution in [0.3, 0.4) is 0 Å². The van der Waals surface area contributed by atoms with Gasteiger partial charge in [-0.05, 0) is 86.8 Å². The van der Waals surface area contributed by atoms with Crippen molar-refractivity contribution in [2.75, 3.05) is 17.9 Å². The molecule has 0 radical (unpaired) electrons. The highest BCUT2D eigenvalue weighted by molar-refractivity contribution is 7.92. The SMILES string of the molecule is CCOc1ccc(NS(=O)(=O)c2cc(C(=O)OCC(=O)c3ccc(C)c(C)c3)ccc2C)cc1. The van der Waals surface area contributed by atoms with Crippen molar-refractivity contribution in [2.45, 2.75) is 32.6 Å². The highest BCUT2D eigenvalue weighted by Gasteiger charge is 2.21. The fraction of sp³-hybridized carbons (Fsp3) is 0.231. The first-order valence-corrected chi connectivity index (χ1v) is 12.2. The lowest BCUT2D eigenvalue weighted by atomic mass is 10.0. The number of carbonyl (C=O) groups is 2. The maximum atomic E-state index is 13.0. The molecule has 0 unspecified atom stereocenters. The van der Waals surface area contributed by atoms with E-state index in [4.69, 9.17) is 9.47 Å². The summed E-state index contributed by atoms with van der Waals surface area (Å²) < 4.78 is 39.0. The molecule has 0 atom stereocenters. The summed E-state index contributed by atoms with van der Waals surface area (Å²) in [5.74, 6) is -0.495. The molecule has 3 aromatic rings. The normalized spacial score (nSPS) is 11.1. The Morgan fingerprint density at radius 1 is 0.824 bits per heavy atom. The molecule has 3 aromatic carbocycles. The van der Waals surface area contributed by atoms with Crippen molar-refractivity contribution in [3.63, 3.8) is 0 Å². The number of ether oxygens (including phenoxy) is 2. The topological polar surface area (TPSA) is 98.8 Å². The zero-order valence-corrected chi connectivity index (χ0v) is 20.4. The minimum absolute atomic E-state index is 0.0329. The van der Waals surface area contributed by atoms with Crippen molar-refractivity contribution in [3.05, 3.63) is 88.5 Å². The molecule has 0 aliphatic carbocycles. The Morgan fingerprint density at radius 3 is 2.12 bits per heavy atom. The van der Waals surface area contributed by atoms with Crippen LogP contribution in [0.25, 0.3) is 0 Å². The third-order valence-electron chi connectivity index (χ3n) is 5.29. The van der Waals surface area contributed by atoms with Crippen molar-refractivity contribution in [2.24, 2.45) is 0 Å². The maximum absolute atomic E-state index is 13.0. The summed E-state index contributed by atoms with van der Waals surface area (Å²) in [4.78, 5) is 24.9. The van der Waals surface area contributed by atoms with E-state index in [0.29, 0.717) is 29.2 Å². The number of anilines is 1. The highest BCUT2D eigenvalue weighted by atomic mass is 32.2. The quantitative estimate of drug-likeness (QED) is 0.346. The molecule has 8 heteroatoms. The van der Waals surface area contributed by atoms with E-state index in [9.17, 15) is 18.0 Å². The van der Waals surface area contributed by atoms with Gasteiger partial charge in [-0.2, -0.15) is 0 Å². The lowest BCUT2D eigenvalue weighted by Gasteiger charge is -2.12. The Morgan fingerprint density at radius 2 is 1.47 bits per heavy atom. The minimum Gasteiger partial charge on any atom is -0.494 e. The molecule has 0 saturated heterocycles. The van der Waals surface area contributed by atoms with Crippen molar-refractivity contribution in [3.8, 4) is 5.75 Å². The summed E-state index contributed by atoms with van der Waals surface area (Å²) in [5.41, 5.74) is 3.32. The van der Waals surface area contributed by atoms with Crippen LogP contribution in [0.2, 0.25) is 0 Å². The first kappa shape index (κ1) is 25.0. The van der Waals surface area contributed by atoms with E-state index in [0.717, 1.165) is 11.1 Å². The largest absolute Gasteiger partial charge is 0.494 e. The molecule has 178 valence electrons. The molecule has 7 nitrogen and oxygen atoms in total. The zero-order valence-electron chi connectivity index (χ0n) is 19.5. The first-order valence-electron chi connectivity index (χ1n) is 10.7. The Hall–Kier alpha value is -3.65. The monoisotopic (exact) mass is 481 g/mol. The van der Waals surface area contributed by atoms with Gasteiger partial charge in [0.15, 0.2) is 12.4 Å². The second-order valence-electron chi connectivity index (χ2n) is 7.84. The second-order valence-corrected chi connectivity index (χ2v) is 9.49. The summed E-state index contributed by atoms with van der Waals surface area (Å²) in [6.07, 6.45) is 0. The van der Waals surface area contributed by atoms with Crippen LogP contribution in [-0.4, -0.2) is 33.4 Å². The average molecular weight is 482 g/mol. The molecule has 1 N–H and O–H groups in total. The van der Waals surface area contributed by atoms with Gasteiger partial charge < -0.3 is 9.47 Å². The molecule has 0 spiro atoms. The van der Waals surface area contributed by atoms with Crippen molar-refractivity contribution < 1.29 is 27.5 Å². The van der Waals surface area contributed by atoms with Crippen LogP contribution in [0.4, 0.5) is 5.69 Å². The average Bonchev–Trinajstić information content (AvgIpc) is 2.80. The Bertz CT molecular complexity index is 1310. The number of carbonyl (C=O) groups excluding carboxylic acids is 2. The number of rotatable bonds is 9. The summed E-state index contributed by atoms with van der Waals surface area (Å²) in [5, 5.41) is 0. The molecule has 0 amide bonds. The fourth-order valence-electron chi connectivity index (χ4n) is 3.23. The number of Topliss-reactive ketones (excluding diaryl/α,β-unsaturated/α-hetero) is 1. The van der Waals surface area contributed by atoms with E-state index >= 15 is 0 Å². The van der Waals surface area contributed by atoms with E-state index in [-0.39, 0.29) is 16.2 Å². The molecular formula is C26H27NO6S. The van der Waals surface area contributed by atoms with Gasteiger partial charge in [0.05, 0.1) is 17.1 Å². The number of nitrogens with one attached hydrogen (secondary N) is 1. The molecule has 0 bridgehead atoms. The van der Waals surface area contributed by atoms with Crippen LogP contribution in [0.15, 0.2) is 65.6 Å². The summed E-state index contributed by atoms with van der Waals surface area (Å²) in [6, 6.07) is 16.0. The van der Waals surface area contributed by atoms with Crippen LogP contribution in [0, 0.1) is 20.8 Å². The van der Waals surface area contributed by atoms with Gasteiger partial charge in [0.1, 0.15) is 5.75 Å². The third kappa shape index (κ3) is 6.02. The molecule has 0 aliphatic heterocycles. The molecule has 3 rings (SSSR count). The van der Waals surface area contributed by atoms with Gasteiger partial charge in [-0.15, -0.1) is 0 Å². The minimum atomic E-state index is -3.97. The zero-order chi connectivity index (χ0) is 24.9. The van der Waals surface area contributed by atoms with Gasteiger partial charge in [0, 0.05) is 11.3 Å². The summed E-state index contributed by atoms with van der Waals surface area (Å²) in [7, 11) is -3.97. The highest BCUT2D eigenvalue weighted by Crippen LogP contribution is 2.23. The molecular weight excluding hydrogens is 454 g/mol. The van der Waals surface area contributed by atoms with Crippen LogP contribution in [0.5, 0.6) is 5.75 Å². The smallest absolute Gasteiger partial charge is 0.338 e. The summed E-state index contributed by atoms with van der Waals surface area (Å²) >= 11 is 0. The van der Waals surface area contributed by atoms with Crippen LogP contribution < -0.4 is 9.46 Å². The number of aryl methyl sites for hydroxylation is 3. The van der Waals surface area contributed by atoms with E-state index in [1.165, 1.54) is 18.2 Å². The lowest BCUT2D eigenvalue weighted by molar-refractivity contribution is 0.0474. The number of benzene rings is 3. The number of sulfonamides is 1. The van der Waals surface area contributed by atoms with Crippen molar-refractivity contribution >= 4 is 27.5 Å². The van der Waals surface area contributed by atoms with E-state index in [1.807, 2.05) is 26.8 Å². The lowest BCUT2D eigenvalue weighted by Crippen LogP contribution is -2.17. The number of hydrogen-bond acceptors (Lipinski definition) is 6. The molecule has 0 saturated carbocycles. The van der Waals surface area contributed by atoms with E-state index in [2.05, 4.69) is 4.72 Å². The van der Waals surface area contributed by atoms with Gasteiger partial charge >= 0.3 is 5.97 Å². The van der Waals surface area contributed by atoms with Crippen LogP contribution in [0.1, 0.15) is 44.3 Å². The van der Waals surface area contributed by atoms with Crippen molar-refractivity contribution in [1.29, 1.82) is 0 Å². The predicted molar refractivity (Wildman–Crippen MR) is 130 cm³/mol. The molecule has 0 aliphatic rings. The molecule has 0 heterocycles. The molecule has 34 heavy (non-hydrogen) atoms. The van der Waals surface area contributed by atoms with Crippen molar-refractivity contribution in [1.82, 2.24) is 0 Å².